The van der Waals surface area contributed by atoms with Crippen molar-refractivity contribution in [3.8, 4) is 0 Å². The molecule has 1 aromatic rings. The van der Waals surface area contributed by atoms with E-state index < -0.39 is 11.6 Å². The Balaban J connectivity index is 1.81. The fraction of sp³-hybridized carbons (Fsp3) is 0.538. The normalized spacial score (nSPS) is 30.9. The summed E-state index contributed by atoms with van der Waals surface area (Å²) >= 11 is 3.08. The molecule has 1 aromatic carbocycles. The second-order valence-corrected chi connectivity index (χ2v) is 6.09. The van der Waals surface area contributed by atoms with Gasteiger partial charge in [0.05, 0.1) is 0 Å². The van der Waals surface area contributed by atoms with Crippen molar-refractivity contribution >= 4 is 21.6 Å². The van der Waals surface area contributed by atoms with E-state index in [1.807, 2.05) is 0 Å². The molecule has 2 bridgehead atoms. The maximum Gasteiger partial charge on any atom is 0.150 e. The van der Waals surface area contributed by atoms with E-state index in [9.17, 15) is 8.78 Å². The van der Waals surface area contributed by atoms with Gasteiger partial charge in [-0.1, -0.05) is 22.4 Å². The fourth-order valence-corrected chi connectivity index (χ4v) is 3.69. The van der Waals surface area contributed by atoms with Crippen LogP contribution in [-0.2, 0) is 0 Å². The highest BCUT2D eigenvalue weighted by Gasteiger charge is 2.39. The molecule has 4 heteroatoms. The average molecular weight is 302 g/mol. The monoisotopic (exact) mass is 301 g/mol. The number of hydrogen-bond donors (Lipinski definition) is 1. The number of nitrogens with one attached hydrogen (secondary N) is 1. The molecule has 0 aliphatic heterocycles. The van der Waals surface area contributed by atoms with Crippen molar-refractivity contribution in [2.24, 2.45) is 11.8 Å². The fourth-order valence-electron chi connectivity index (χ4n) is 3.29. The zero-order valence-electron chi connectivity index (χ0n) is 9.35. The molecule has 17 heavy (non-hydrogen) atoms. The Hall–Kier alpha value is -0.640. The maximum atomic E-state index is 13.7. The Bertz CT molecular complexity index is 426. The van der Waals surface area contributed by atoms with E-state index in [1.165, 1.54) is 31.4 Å². The van der Waals surface area contributed by atoms with E-state index in [0.29, 0.717) is 10.4 Å². The Morgan fingerprint density at radius 3 is 2.35 bits per heavy atom. The van der Waals surface area contributed by atoms with E-state index in [0.717, 1.165) is 12.3 Å². The summed E-state index contributed by atoms with van der Waals surface area (Å²) in [5.74, 6) is 0.334. The predicted octanol–water partition coefficient (Wildman–Crippen LogP) is 4.33. The van der Waals surface area contributed by atoms with Crippen LogP contribution in [0.3, 0.4) is 0 Å². The first kappa shape index (κ1) is 11.5. The largest absolute Gasteiger partial charge is 0.377 e. The summed E-state index contributed by atoms with van der Waals surface area (Å²) in [6.45, 7) is 0. The summed E-state index contributed by atoms with van der Waals surface area (Å²) in [4.78, 5) is 0. The SMILES string of the molecule is Fc1cc(Br)cc(F)c1NC1CC2CCC1C2. The molecule has 1 N–H and O–H groups in total. The lowest BCUT2D eigenvalue weighted by Gasteiger charge is -2.24. The van der Waals surface area contributed by atoms with Crippen LogP contribution in [0, 0.1) is 23.5 Å². The van der Waals surface area contributed by atoms with Gasteiger partial charge >= 0.3 is 0 Å². The lowest BCUT2D eigenvalue weighted by atomic mass is 9.95. The van der Waals surface area contributed by atoms with E-state index in [1.54, 1.807) is 0 Å². The number of benzene rings is 1. The average Bonchev–Trinajstić information content (AvgIpc) is 2.84. The summed E-state index contributed by atoms with van der Waals surface area (Å²) in [6, 6.07) is 2.86. The van der Waals surface area contributed by atoms with Crippen molar-refractivity contribution in [1.82, 2.24) is 0 Å². The second kappa shape index (κ2) is 4.23. The molecule has 0 aromatic heterocycles. The molecular weight excluding hydrogens is 288 g/mol. The first-order valence-corrected chi connectivity index (χ1v) is 6.84. The van der Waals surface area contributed by atoms with Crippen LogP contribution in [0.5, 0.6) is 0 Å². The minimum Gasteiger partial charge on any atom is -0.377 e. The van der Waals surface area contributed by atoms with Gasteiger partial charge in [0.25, 0.3) is 0 Å². The number of halogens is 3. The molecule has 92 valence electrons. The summed E-state index contributed by atoms with van der Waals surface area (Å²) < 4.78 is 27.8. The van der Waals surface area contributed by atoms with Crippen molar-refractivity contribution < 1.29 is 8.78 Å². The smallest absolute Gasteiger partial charge is 0.150 e. The van der Waals surface area contributed by atoms with E-state index >= 15 is 0 Å². The molecule has 2 aliphatic carbocycles. The van der Waals surface area contributed by atoms with E-state index in [2.05, 4.69) is 21.2 Å². The van der Waals surface area contributed by atoms with Crippen molar-refractivity contribution in [2.45, 2.75) is 31.7 Å². The molecule has 2 saturated carbocycles. The zero-order valence-corrected chi connectivity index (χ0v) is 10.9. The van der Waals surface area contributed by atoms with Crippen LogP contribution in [0.4, 0.5) is 14.5 Å². The number of rotatable bonds is 2. The Morgan fingerprint density at radius 1 is 1.12 bits per heavy atom. The van der Waals surface area contributed by atoms with Gasteiger partial charge in [-0.25, -0.2) is 8.78 Å². The van der Waals surface area contributed by atoms with Crippen molar-refractivity contribution in [2.75, 3.05) is 5.32 Å². The Morgan fingerprint density at radius 2 is 1.82 bits per heavy atom. The van der Waals surface area contributed by atoms with Crippen molar-refractivity contribution in [3.63, 3.8) is 0 Å². The highest BCUT2D eigenvalue weighted by molar-refractivity contribution is 9.10. The molecule has 3 unspecified atom stereocenters. The van der Waals surface area contributed by atoms with Crippen LogP contribution in [0.2, 0.25) is 0 Å². The summed E-state index contributed by atoms with van der Waals surface area (Å²) in [5, 5.41) is 3.07. The molecular formula is C13H14BrF2N. The van der Waals surface area contributed by atoms with Crippen LogP contribution >= 0.6 is 15.9 Å². The van der Waals surface area contributed by atoms with Gasteiger partial charge in [-0.2, -0.15) is 0 Å². The first-order chi connectivity index (χ1) is 8.13. The number of anilines is 1. The number of fused-ring (bicyclic) bond motifs is 2. The molecule has 3 atom stereocenters. The quantitative estimate of drug-likeness (QED) is 0.857. The van der Waals surface area contributed by atoms with Gasteiger partial charge in [0.1, 0.15) is 17.3 Å². The molecule has 2 fully saturated rings. The third kappa shape index (κ3) is 2.07. The molecule has 0 spiro atoms. The maximum absolute atomic E-state index is 13.7. The first-order valence-electron chi connectivity index (χ1n) is 6.04. The molecule has 2 aliphatic rings. The van der Waals surface area contributed by atoms with Gasteiger partial charge in [0.15, 0.2) is 0 Å². The third-order valence-electron chi connectivity index (χ3n) is 4.07. The van der Waals surface area contributed by atoms with E-state index in [4.69, 9.17) is 0 Å². The molecule has 0 radical (unpaired) electrons. The molecule has 1 nitrogen and oxygen atoms in total. The third-order valence-corrected chi connectivity index (χ3v) is 4.53. The van der Waals surface area contributed by atoms with Gasteiger partial charge in [-0.15, -0.1) is 0 Å². The standard InChI is InChI=1S/C13H14BrF2N/c14-9-5-10(15)13(11(16)6-9)17-12-4-7-1-2-8(12)3-7/h5-8,12,17H,1-4H2. The van der Waals surface area contributed by atoms with Gasteiger partial charge in [0, 0.05) is 10.5 Å². The minimum atomic E-state index is -0.514. The van der Waals surface area contributed by atoms with Crippen LogP contribution in [0.15, 0.2) is 16.6 Å². The van der Waals surface area contributed by atoms with Crippen molar-refractivity contribution in [1.29, 1.82) is 0 Å². The van der Waals surface area contributed by atoms with Crippen LogP contribution in [-0.4, -0.2) is 6.04 Å². The summed E-state index contributed by atoms with van der Waals surface area (Å²) in [5.41, 5.74) is 0.0331. The van der Waals surface area contributed by atoms with Crippen LogP contribution in [0.1, 0.15) is 25.7 Å². The highest BCUT2D eigenvalue weighted by Crippen LogP contribution is 2.45. The minimum absolute atomic E-state index is 0.0331. The number of hydrogen-bond acceptors (Lipinski definition) is 1. The van der Waals surface area contributed by atoms with Crippen LogP contribution < -0.4 is 5.32 Å². The molecule has 0 heterocycles. The Labute approximate surface area is 108 Å². The molecule has 0 amide bonds. The molecule has 0 saturated heterocycles. The van der Waals surface area contributed by atoms with Gasteiger partial charge < -0.3 is 5.32 Å². The molecule has 3 rings (SSSR count). The topological polar surface area (TPSA) is 12.0 Å². The van der Waals surface area contributed by atoms with Gasteiger partial charge in [-0.05, 0) is 43.2 Å². The predicted molar refractivity (Wildman–Crippen MR) is 66.9 cm³/mol. The summed E-state index contributed by atoms with van der Waals surface area (Å²) in [7, 11) is 0. The van der Waals surface area contributed by atoms with Gasteiger partial charge in [-0.3, -0.25) is 0 Å². The lowest BCUT2D eigenvalue weighted by molar-refractivity contribution is 0.435. The Kier molecular flexibility index (Phi) is 2.85. The lowest BCUT2D eigenvalue weighted by Crippen LogP contribution is -2.26. The highest BCUT2D eigenvalue weighted by atomic mass is 79.9. The van der Waals surface area contributed by atoms with E-state index in [-0.39, 0.29) is 11.7 Å². The summed E-state index contributed by atoms with van der Waals surface area (Å²) in [6.07, 6.45) is 4.76. The zero-order chi connectivity index (χ0) is 12.0. The van der Waals surface area contributed by atoms with Gasteiger partial charge in [0.2, 0.25) is 0 Å². The second-order valence-electron chi connectivity index (χ2n) is 5.17. The van der Waals surface area contributed by atoms with Crippen LogP contribution in [0.25, 0.3) is 0 Å². The van der Waals surface area contributed by atoms with Crippen molar-refractivity contribution in [3.05, 3.63) is 28.2 Å².